The Morgan fingerprint density at radius 3 is 2.78 bits per heavy atom. The minimum absolute atomic E-state index is 0.135. The van der Waals surface area contributed by atoms with Gasteiger partial charge in [0.25, 0.3) is 0 Å². The van der Waals surface area contributed by atoms with Gasteiger partial charge in [-0.05, 0) is 18.2 Å². The van der Waals surface area contributed by atoms with E-state index in [4.69, 9.17) is 26.2 Å². The second kappa shape index (κ2) is 6.80. The second-order valence-electron chi connectivity index (χ2n) is 4.86. The highest BCUT2D eigenvalue weighted by molar-refractivity contribution is 6.29. The smallest absolute Gasteiger partial charge is 0.335 e. The van der Waals surface area contributed by atoms with Crippen LogP contribution >= 0.6 is 11.6 Å². The molecule has 1 aliphatic heterocycles. The van der Waals surface area contributed by atoms with E-state index < -0.39 is 5.97 Å². The van der Waals surface area contributed by atoms with E-state index >= 15 is 0 Å². The molecule has 0 atom stereocenters. The third kappa shape index (κ3) is 3.88. The molecule has 0 radical (unpaired) electrons. The van der Waals surface area contributed by atoms with E-state index in [2.05, 4.69) is 9.97 Å². The molecule has 1 N–H and O–H groups in total. The fourth-order valence-corrected chi connectivity index (χ4v) is 2.32. The average molecular weight is 336 g/mol. The normalized spacial score (nSPS) is 14.6. The SMILES string of the molecule is O=C(O)c1cccc(Oc2cc(Cl)nc(N3CCOCC3)n2)c1. The zero-order valence-electron chi connectivity index (χ0n) is 12.1. The number of aromatic carboxylic acids is 1. The third-order valence-corrected chi connectivity index (χ3v) is 3.45. The molecule has 7 nitrogen and oxygen atoms in total. The van der Waals surface area contributed by atoms with Crippen LogP contribution in [0.1, 0.15) is 10.4 Å². The fourth-order valence-electron chi connectivity index (χ4n) is 2.16. The summed E-state index contributed by atoms with van der Waals surface area (Å²) in [5, 5.41) is 9.27. The van der Waals surface area contributed by atoms with Crippen LogP contribution in [0.2, 0.25) is 5.15 Å². The van der Waals surface area contributed by atoms with Gasteiger partial charge in [-0.2, -0.15) is 4.98 Å². The maximum atomic E-state index is 11.0. The van der Waals surface area contributed by atoms with Gasteiger partial charge in [0, 0.05) is 19.2 Å². The predicted octanol–water partition coefficient (Wildman–Crippen LogP) is 2.46. The van der Waals surface area contributed by atoms with Crippen LogP contribution in [-0.2, 0) is 4.74 Å². The van der Waals surface area contributed by atoms with Crippen molar-refractivity contribution in [3.63, 3.8) is 0 Å². The number of hydrogen-bond donors (Lipinski definition) is 1. The first-order valence-electron chi connectivity index (χ1n) is 7.00. The van der Waals surface area contributed by atoms with Gasteiger partial charge in [0.2, 0.25) is 11.8 Å². The fraction of sp³-hybridized carbons (Fsp3) is 0.267. The number of aromatic nitrogens is 2. The Balaban J connectivity index is 1.83. The Bertz CT molecular complexity index is 720. The molecule has 0 amide bonds. The van der Waals surface area contributed by atoms with E-state index in [1.165, 1.54) is 18.2 Å². The van der Waals surface area contributed by atoms with Crippen LogP contribution in [0.3, 0.4) is 0 Å². The van der Waals surface area contributed by atoms with Crippen LogP contribution in [0.4, 0.5) is 5.95 Å². The molecular formula is C15H14ClN3O4. The van der Waals surface area contributed by atoms with Gasteiger partial charge in [0.1, 0.15) is 10.9 Å². The van der Waals surface area contributed by atoms with Gasteiger partial charge in [-0.3, -0.25) is 0 Å². The summed E-state index contributed by atoms with van der Waals surface area (Å²) in [4.78, 5) is 21.5. The lowest BCUT2D eigenvalue weighted by Gasteiger charge is -2.26. The van der Waals surface area contributed by atoms with Crippen molar-refractivity contribution < 1.29 is 19.4 Å². The summed E-state index contributed by atoms with van der Waals surface area (Å²) in [5.41, 5.74) is 0.135. The summed E-state index contributed by atoms with van der Waals surface area (Å²) in [7, 11) is 0. The molecule has 23 heavy (non-hydrogen) atoms. The van der Waals surface area contributed by atoms with Crippen molar-refractivity contribution in [1.29, 1.82) is 0 Å². The van der Waals surface area contributed by atoms with Crippen molar-refractivity contribution in [2.75, 3.05) is 31.2 Å². The first-order valence-corrected chi connectivity index (χ1v) is 7.38. The zero-order valence-corrected chi connectivity index (χ0v) is 12.9. The number of ether oxygens (including phenoxy) is 2. The lowest BCUT2D eigenvalue weighted by molar-refractivity contribution is 0.0696. The van der Waals surface area contributed by atoms with Crippen molar-refractivity contribution >= 4 is 23.5 Å². The van der Waals surface area contributed by atoms with Gasteiger partial charge >= 0.3 is 5.97 Å². The monoisotopic (exact) mass is 335 g/mol. The summed E-state index contributed by atoms with van der Waals surface area (Å²) < 4.78 is 10.9. The number of nitrogens with zero attached hydrogens (tertiary/aromatic N) is 3. The first kappa shape index (κ1) is 15.5. The molecule has 1 aromatic heterocycles. The molecule has 3 rings (SSSR count). The zero-order chi connectivity index (χ0) is 16.2. The van der Waals surface area contributed by atoms with Gasteiger partial charge in [-0.25, -0.2) is 9.78 Å². The molecule has 8 heteroatoms. The van der Waals surface area contributed by atoms with Crippen molar-refractivity contribution in [3.8, 4) is 11.6 Å². The van der Waals surface area contributed by atoms with E-state index in [1.54, 1.807) is 12.1 Å². The molecule has 1 saturated heterocycles. The minimum atomic E-state index is -1.02. The highest BCUT2D eigenvalue weighted by Gasteiger charge is 2.16. The molecule has 2 heterocycles. The second-order valence-corrected chi connectivity index (χ2v) is 5.25. The minimum Gasteiger partial charge on any atom is -0.478 e. The third-order valence-electron chi connectivity index (χ3n) is 3.26. The van der Waals surface area contributed by atoms with Crippen molar-refractivity contribution in [1.82, 2.24) is 9.97 Å². The number of rotatable bonds is 4. The van der Waals surface area contributed by atoms with Crippen molar-refractivity contribution in [2.45, 2.75) is 0 Å². The summed E-state index contributed by atoms with van der Waals surface area (Å²) in [6, 6.07) is 7.65. The Kier molecular flexibility index (Phi) is 4.59. The standard InChI is InChI=1S/C15H14ClN3O4/c16-12-9-13(18-15(17-12)19-4-6-22-7-5-19)23-11-3-1-2-10(8-11)14(20)21/h1-3,8-9H,4-7H2,(H,20,21). The lowest BCUT2D eigenvalue weighted by Crippen LogP contribution is -2.37. The molecule has 1 fully saturated rings. The maximum Gasteiger partial charge on any atom is 0.335 e. The molecule has 1 aromatic carbocycles. The number of carboxylic acid groups (broad SMARTS) is 1. The van der Waals surface area contributed by atoms with E-state index in [0.717, 1.165) is 0 Å². The largest absolute Gasteiger partial charge is 0.478 e. The van der Waals surface area contributed by atoms with Crippen LogP contribution in [0.15, 0.2) is 30.3 Å². The summed E-state index contributed by atoms with van der Waals surface area (Å²) >= 11 is 6.03. The number of benzene rings is 1. The van der Waals surface area contributed by atoms with Crippen LogP contribution in [0, 0.1) is 0 Å². The molecule has 0 saturated carbocycles. The highest BCUT2D eigenvalue weighted by Crippen LogP contribution is 2.25. The molecule has 2 aromatic rings. The number of carboxylic acids is 1. The van der Waals surface area contributed by atoms with Crippen LogP contribution in [-0.4, -0.2) is 47.3 Å². The molecule has 0 aliphatic carbocycles. The van der Waals surface area contributed by atoms with Gasteiger partial charge in [-0.15, -0.1) is 0 Å². The van der Waals surface area contributed by atoms with Gasteiger partial charge < -0.3 is 19.5 Å². The number of anilines is 1. The molecule has 1 aliphatic rings. The number of morpholine rings is 1. The van der Waals surface area contributed by atoms with Crippen molar-refractivity contribution in [2.24, 2.45) is 0 Å². The summed E-state index contributed by atoms with van der Waals surface area (Å²) in [6.45, 7) is 2.56. The first-order chi connectivity index (χ1) is 11.1. The van der Waals surface area contributed by atoms with Crippen LogP contribution in [0.25, 0.3) is 0 Å². The van der Waals surface area contributed by atoms with Crippen LogP contribution < -0.4 is 9.64 Å². The highest BCUT2D eigenvalue weighted by atomic mass is 35.5. The van der Waals surface area contributed by atoms with E-state index in [9.17, 15) is 4.79 Å². The quantitative estimate of drug-likeness (QED) is 0.859. The molecule has 0 unspecified atom stereocenters. The average Bonchev–Trinajstić information content (AvgIpc) is 2.55. The van der Waals surface area contributed by atoms with Gasteiger partial charge in [0.15, 0.2) is 0 Å². The lowest BCUT2D eigenvalue weighted by atomic mass is 10.2. The Hall–Kier alpha value is -2.38. The Morgan fingerprint density at radius 2 is 2.04 bits per heavy atom. The number of carbonyl (C=O) groups is 1. The predicted molar refractivity (Wildman–Crippen MR) is 83.5 cm³/mol. The Labute approximate surface area is 137 Å². The van der Waals surface area contributed by atoms with Crippen LogP contribution in [0.5, 0.6) is 11.6 Å². The van der Waals surface area contributed by atoms with E-state index in [1.807, 2.05) is 4.90 Å². The summed E-state index contributed by atoms with van der Waals surface area (Å²) in [6.07, 6.45) is 0. The number of hydrogen-bond acceptors (Lipinski definition) is 6. The van der Waals surface area contributed by atoms with E-state index in [0.29, 0.717) is 38.0 Å². The van der Waals surface area contributed by atoms with E-state index in [-0.39, 0.29) is 16.6 Å². The molecular weight excluding hydrogens is 322 g/mol. The molecule has 0 spiro atoms. The van der Waals surface area contributed by atoms with Gasteiger partial charge in [0.05, 0.1) is 18.8 Å². The molecule has 120 valence electrons. The van der Waals surface area contributed by atoms with Crippen molar-refractivity contribution in [3.05, 3.63) is 41.0 Å². The Morgan fingerprint density at radius 1 is 1.26 bits per heavy atom. The van der Waals surface area contributed by atoms with Gasteiger partial charge in [-0.1, -0.05) is 17.7 Å². The number of halogens is 1. The summed E-state index contributed by atoms with van der Waals surface area (Å²) in [5.74, 6) is 0.0667. The maximum absolute atomic E-state index is 11.0. The molecule has 0 bridgehead atoms. The topological polar surface area (TPSA) is 84.8 Å².